The molecule has 0 aliphatic heterocycles. The van der Waals surface area contributed by atoms with E-state index in [1.54, 1.807) is 60.7 Å². The number of hydrogen-bond acceptors (Lipinski definition) is 6. The molecule has 0 aliphatic rings. The summed E-state index contributed by atoms with van der Waals surface area (Å²) < 4.78 is 40.2. The van der Waals surface area contributed by atoms with Crippen molar-refractivity contribution in [1.82, 2.24) is 5.43 Å². The molecule has 1 amide bonds. The van der Waals surface area contributed by atoms with Crippen LogP contribution in [0, 0.1) is 0 Å². The zero-order valence-corrected chi connectivity index (χ0v) is 24.1. The van der Waals surface area contributed by atoms with Gasteiger partial charge in [0.2, 0.25) is 0 Å². The number of carbonyl (C=O) groups is 1. The topological polar surface area (TPSA) is 97.3 Å². The Morgan fingerprint density at radius 3 is 2.33 bits per heavy atom. The van der Waals surface area contributed by atoms with Crippen molar-refractivity contribution in [2.45, 2.75) is 18.4 Å². The molecule has 206 valence electrons. The van der Waals surface area contributed by atoms with E-state index in [0.29, 0.717) is 40.4 Å². The van der Waals surface area contributed by atoms with Crippen molar-refractivity contribution in [3.63, 3.8) is 0 Å². The molecule has 0 unspecified atom stereocenters. The molecule has 0 aromatic heterocycles. The van der Waals surface area contributed by atoms with Gasteiger partial charge in [-0.25, -0.2) is 13.8 Å². The fourth-order valence-electron chi connectivity index (χ4n) is 3.74. The summed E-state index contributed by atoms with van der Waals surface area (Å²) in [5, 5.41) is 4.03. The molecule has 4 aromatic rings. The quantitative estimate of drug-likeness (QED) is 0.160. The second-order valence-electron chi connectivity index (χ2n) is 8.51. The van der Waals surface area contributed by atoms with Gasteiger partial charge < -0.3 is 9.47 Å². The largest absolute Gasteiger partial charge is 0.490 e. The van der Waals surface area contributed by atoms with Crippen LogP contribution in [0.4, 0.5) is 5.69 Å². The molecule has 0 saturated carbocycles. The molecule has 4 rings (SSSR count). The number of anilines is 1. The Morgan fingerprint density at radius 2 is 1.62 bits per heavy atom. The second kappa shape index (κ2) is 13.8. The average molecular weight is 623 g/mol. The molecule has 8 nitrogen and oxygen atoms in total. The van der Waals surface area contributed by atoms with Crippen LogP contribution in [0.5, 0.6) is 11.5 Å². The Morgan fingerprint density at radius 1 is 0.900 bits per heavy atom. The molecule has 0 spiro atoms. The van der Waals surface area contributed by atoms with Crippen molar-refractivity contribution in [2.75, 3.05) is 17.5 Å². The number of hydrazone groups is 1. The predicted molar refractivity (Wildman–Crippen MR) is 159 cm³/mol. The van der Waals surface area contributed by atoms with Gasteiger partial charge in [-0.2, -0.15) is 5.10 Å². The summed E-state index contributed by atoms with van der Waals surface area (Å²) >= 11 is 3.37. The van der Waals surface area contributed by atoms with Crippen LogP contribution in [-0.2, 0) is 21.4 Å². The number of nitrogens with zero attached hydrogens (tertiary/aromatic N) is 2. The maximum absolute atomic E-state index is 13.4. The highest BCUT2D eigenvalue weighted by Gasteiger charge is 2.27. The number of hydrogen-bond donors (Lipinski definition) is 1. The van der Waals surface area contributed by atoms with Gasteiger partial charge in [0.15, 0.2) is 11.5 Å². The SMILES string of the molecule is CCOc1cc(/C=N/NC(=O)CN(c2cccc(Br)c2)S(=O)(=O)c2ccccc2)ccc1OCc1ccccc1. The van der Waals surface area contributed by atoms with Gasteiger partial charge in [-0.15, -0.1) is 0 Å². The Kier molecular flexibility index (Phi) is 9.93. The number of sulfonamides is 1. The number of benzene rings is 4. The Hall–Kier alpha value is -4.15. The predicted octanol–water partition coefficient (Wildman–Crippen LogP) is 5.77. The summed E-state index contributed by atoms with van der Waals surface area (Å²) in [6, 6.07) is 29.8. The van der Waals surface area contributed by atoms with E-state index >= 15 is 0 Å². The number of amides is 1. The van der Waals surface area contributed by atoms with Gasteiger partial charge in [-0.1, -0.05) is 70.5 Å². The van der Waals surface area contributed by atoms with E-state index in [-0.39, 0.29) is 4.90 Å². The van der Waals surface area contributed by atoms with E-state index in [1.807, 2.05) is 37.3 Å². The summed E-state index contributed by atoms with van der Waals surface area (Å²) in [4.78, 5) is 12.9. The summed E-state index contributed by atoms with van der Waals surface area (Å²) in [6.45, 7) is 2.25. The monoisotopic (exact) mass is 621 g/mol. The molecular weight excluding hydrogens is 594 g/mol. The van der Waals surface area contributed by atoms with Crippen LogP contribution in [0.15, 0.2) is 118 Å². The maximum Gasteiger partial charge on any atom is 0.264 e. The van der Waals surface area contributed by atoms with Crippen LogP contribution < -0.4 is 19.2 Å². The first kappa shape index (κ1) is 28.8. The summed E-state index contributed by atoms with van der Waals surface area (Å²) in [7, 11) is -4.02. The Bertz CT molecular complexity index is 1570. The first-order chi connectivity index (χ1) is 19.4. The van der Waals surface area contributed by atoms with Crippen LogP contribution in [0.2, 0.25) is 0 Å². The molecule has 1 N–H and O–H groups in total. The van der Waals surface area contributed by atoms with E-state index in [9.17, 15) is 13.2 Å². The van der Waals surface area contributed by atoms with Gasteiger partial charge in [-0.05, 0) is 66.6 Å². The molecule has 0 aliphatic carbocycles. The van der Waals surface area contributed by atoms with E-state index in [4.69, 9.17) is 9.47 Å². The highest BCUT2D eigenvalue weighted by Crippen LogP contribution is 2.29. The second-order valence-corrected chi connectivity index (χ2v) is 11.3. The minimum atomic E-state index is -4.02. The highest BCUT2D eigenvalue weighted by molar-refractivity contribution is 9.10. The van der Waals surface area contributed by atoms with E-state index in [2.05, 4.69) is 26.5 Å². The molecule has 0 radical (unpaired) electrons. The molecule has 4 aromatic carbocycles. The lowest BCUT2D eigenvalue weighted by Crippen LogP contribution is -2.39. The molecule has 0 atom stereocenters. The first-order valence-electron chi connectivity index (χ1n) is 12.5. The molecular formula is C30H28BrN3O5S. The minimum Gasteiger partial charge on any atom is -0.490 e. The first-order valence-corrected chi connectivity index (χ1v) is 14.7. The van der Waals surface area contributed by atoms with Crippen LogP contribution >= 0.6 is 15.9 Å². The smallest absolute Gasteiger partial charge is 0.264 e. The third-order valence-corrected chi connectivity index (χ3v) is 7.90. The lowest BCUT2D eigenvalue weighted by atomic mass is 10.2. The normalized spacial score (nSPS) is 11.2. The molecule has 0 heterocycles. The lowest BCUT2D eigenvalue weighted by Gasteiger charge is -2.23. The van der Waals surface area contributed by atoms with Crippen molar-refractivity contribution in [3.8, 4) is 11.5 Å². The number of carbonyl (C=O) groups excluding carboxylic acids is 1. The van der Waals surface area contributed by atoms with E-state index < -0.39 is 22.5 Å². The minimum absolute atomic E-state index is 0.0734. The van der Waals surface area contributed by atoms with E-state index in [0.717, 1.165) is 9.87 Å². The van der Waals surface area contributed by atoms with Gasteiger partial charge in [0.25, 0.3) is 15.9 Å². The van der Waals surface area contributed by atoms with Gasteiger partial charge in [0.1, 0.15) is 13.2 Å². The summed E-state index contributed by atoms with van der Waals surface area (Å²) in [5.74, 6) is 0.523. The zero-order valence-electron chi connectivity index (χ0n) is 21.7. The van der Waals surface area contributed by atoms with Crippen molar-refractivity contribution < 1.29 is 22.7 Å². The van der Waals surface area contributed by atoms with Crippen LogP contribution in [-0.4, -0.2) is 33.7 Å². The van der Waals surface area contributed by atoms with Gasteiger partial charge in [0.05, 0.1) is 23.4 Å². The number of halogens is 1. The number of nitrogens with one attached hydrogen (secondary N) is 1. The van der Waals surface area contributed by atoms with Gasteiger partial charge >= 0.3 is 0 Å². The summed E-state index contributed by atoms with van der Waals surface area (Å²) in [6.07, 6.45) is 1.45. The fourth-order valence-corrected chi connectivity index (χ4v) is 5.56. The third-order valence-electron chi connectivity index (χ3n) is 5.62. The Balaban J connectivity index is 1.46. The maximum atomic E-state index is 13.4. The molecule has 0 saturated heterocycles. The zero-order chi connectivity index (χ0) is 28.4. The van der Waals surface area contributed by atoms with Crippen LogP contribution in [0.3, 0.4) is 0 Å². The molecule has 0 bridgehead atoms. The molecule has 40 heavy (non-hydrogen) atoms. The molecule has 10 heteroatoms. The highest BCUT2D eigenvalue weighted by atomic mass is 79.9. The van der Waals surface area contributed by atoms with E-state index in [1.165, 1.54) is 18.3 Å². The lowest BCUT2D eigenvalue weighted by molar-refractivity contribution is -0.119. The number of rotatable bonds is 12. The van der Waals surface area contributed by atoms with Crippen molar-refractivity contribution >= 4 is 43.8 Å². The molecule has 0 fully saturated rings. The van der Waals surface area contributed by atoms with Crippen molar-refractivity contribution in [3.05, 3.63) is 119 Å². The van der Waals surface area contributed by atoms with Crippen LogP contribution in [0.1, 0.15) is 18.1 Å². The number of ether oxygens (including phenoxy) is 2. The third kappa shape index (κ3) is 7.71. The van der Waals surface area contributed by atoms with Crippen molar-refractivity contribution in [2.24, 2.45) is 5.10 Å². The van der Waals surface area contributed by atoms with Gasteiger partial charge in [0, 0.05) is 4.47 Å². The Labute approximate surface area is 242 Å². The van der Waals surface area contributed by atoms with Gasteiger partial charge in [-0.3, -0.25) is 9.10 Å². The van der Waals surface area contributed by atoms with Crippen molar-refractivity contribution in [1.29, 1.82) is 0 Å². The summed E-state index contributed by atoms with van der Waals surface area (Å²) in [5.41, 5.74) is 4.46. The fraction of sp³-hybridized carbons (Fsp3) is 0.133. The average Bonchev–Trinajstić information content (AvgIpc) is 2.96. The van der Waals surface area contributed by atoms with Crippen LogP contribution in [0.25, 0.3) is 0 Å². The standard InChI is InChI=1S/C30H28BrN3O5S/c1-2-38-29-18-24(16-17-28(29)39-22-23-10-5-3-6-11-23)20-32-33-30(35)21-34(26-13-9-12-25(31)19-26)40(36,37)27-14-7-4-8-15-27/h3-20H,2,21-22H2,1H3,(H,33,35)/b32-20+.